The van der Waals surface area contributed by atoms with E-state index in [9.17, 15) is 4.79 Å². The van der Waals surface area contributed by atoms with Crippen molar-refractivity contribution < 1.29 is 14.3 Å². The van der Waals surface area contributed by atoms with Crippen LogP contribution < -0.4 is 10.1 Å². The maximum absolute atomic E-state index is 12.3. The first-order valence-corrected chi connectivity index (χ1v) is 9.31. The average molecular weight is 342 g/mol. The second-order valence-corrected chi connectivity index (χ2v) is 7.23. The summed E-state index contributed by atoms with van der Waals surface area (Å²) in [7, 11) is 1.70. The fourth-order valence-corrected chi connectivity index (χ4v) is 4.27. The number of ether oxygens (including phenoxy) is 2. The van der Waals surface area contributed by atoms with Crippen molar-refractivity contribution in [1.29, 1.82) is 0 Å². The Morgan fingerprint density at radius 2 is 2.20 bits per heavy atom. The highest BCUT2D eigenvalue weighted by Gasteiger charge is 2.29. The van der Waals surface area contributed by atoms with E-state index in [0.29, 0.717) is 12.5 Å². The molecule has 1 aromatic carbocycles. The smallest absolute Gasteiger partial charge is 0.249 e. The lowest BCUT2D eigenvalue weighted by Crippen LogP contribution is -2.43. The number of aromatic amines is 1. The molecule has 5 nitrogen and oxygen atoms in total. The Hall–Kier alpha value is -2.01. The van der Waals surface area contributed by atoms with Crippen LogP contribution in [0.2, 0.25) is 0 Å². The van der Waals surface area contributed by atoms with Crippen LogP contribution in [-0.4, -0.2) is 36.8 Å². The SMILES string of the molecule is COc1ccc2[nH]cc([C@H]3CCC[C@@H](NC(=O)[C@H]4CCCO4)C3)c2c1. The van der Waals surface area contributed by atoms with Gasteiger partial charge in [0, 0.05) is 29.7 Å². The van der Waals surface area contributed by atoms with Gasteiger partial charge in [-0.2, -0.15) is 0 Å². The topological polar surface area (TPSA) is 63.3 Å². The van der Waals surface area contributed by atoms with Gasteiger partial charge in [-0.25, -0.2) is 0 Å². The van der Waals surface area contributed by atoms with E-state index in [2.05, 4.69) is 28.6 Å². The number of nitrogens with one attached hydrogen (secondary N) is 2. The molecule has 1 aliphatic carbocycles. The highest BCUT2D eigenvalue weighted by Crippen LogP contribution is 2.37. The fourth-order valence-electron chi connectivity index (χ4n) is 4.27. The molecule has 2 aliphatic rings. The molecule has 1 aromatic heterocycles. The van der Waals surface area contributed by atoms with Gasteiger partial charge in [-0.15, -0.1) is 0 Å². The summed E-state index contributed by atoms with van der Waals surface area (Å²) in [5.74, 6) is 1.42. The molecule has 2 aromatic rings. The molecular weight excluding hydrogens is 316 g/mol. The van der Waals surface area contributed by atoms with Crippen molar-refractivity contribution in [1.82, 2.24) is 10.3 Å². The quantitative estimate of drug-likeness (QED) is 0.894. The Balaban J connectivity index is 1.48. The van der Waals surface area contributed by atoms with E-state index in [4.69, 9.17) is 9.47 Å². The maximum atomic E-state index is 12.3. The second kappa shape index (κ2) is 7.08. The predicted octanol–water partition coefficient (Wildman–Crippen LogP) is 3.50. The van der Waals surface area contributed by atoms with Gasteiger partial charge in [-0.05, 0) is 61.8 Å². The summed E-state index contributed by atoms with van der Waals surface area (Å²) in [6, 6.07) is 6.40. The van der Waals surface area contributed by atoms with E-state index in [-0.39, 0.29) is 18.1 Å². The molecule has 3 atom stereocenters. The number of aromatic nitrogens is 1. The molecule has 25 heavy (non-hydrogen) atoms. The number of carbonyl (C=O) groups is 1. The predicted molar refractivity (Wildman–Crippen MR) is 97.0 cm³/mol. The average Bonchev–Trinajstić information content (AvgIpc) is 3.31. The van der Waals surface area contributed by atoms with E-state index in [1.165, 1.54) is 10.9 Å². The van der Waals surface area contributed by atoms with E-state index < -0.39 is 0 Å². The summed E-state index contributed by atoms with van der Waals surface area (Å²) in [6.45, 7) is 0.711. The normalized spacial score (nSPS) is 26.7. The molecule has 1 saturated heterocycles. The molecule has 1 saturated carbocycles. The standard InChI is InChI=1S/C20H26N2O3/c1-24-15-7-8-18-16(11-15)17(12-21-18)13-4-2-5-14(10-13)22-20(23)19-6-3-9-25-19/h7-8,11-14,19,21H,2-6,9-10H2,1H3,(H,22,23)/t13-,14+,19+/m0/s1. The van der Waals surface area contributed by atoms with Crippen LogP contribution in [0.4, 0.5) is 0 Å². The van der Waals surface area contributed by atoms with Crippen molar-refractivity contribution in [3.05, 3.63) is 30.0 Å². The van der Waals surface area contributed by atoms with E-state index in [1.807, 2.05) is 6.07 Å². The number of amides is 1. The van der Waals surface area contributed by atoms with Crippen molar-refractivity contribution in [2.24, 2.45) is 0 Å². The van der Waals surface area contributed by atoms with Crippen LogP contribution in [0.3, 0.4) is 0 Å². The third-order valence-electron chi connectivity index (χ3n) is 5.60. The summed E-state index contributed by atoms with van der Waals surface area (Å²) in [5, 5.41) is 4.46. The number of carbonyl (C=O) groups excluding carboxylic acids is 1. The third-order valence-corrected chi connectivity index (χ3v) is 5.60. The summed E-state index contributed by atoms with van der Waals surface area (Å²) in [6.07, 6.45) is 8.07. The second-order valence-electron chi connectivity index (χ2n) is 7.23. The molecule has 1 aliphatic heterocycles. The summed E-state index contributed by atoms with van der Waals surface area (Å²) >= 11 is 0. The van der Waals surface area contributed by atoms with Crippen LogP contribution in [0, 0.1) is 0 Å². The van der Waals surface area contributed by atoms with Gasteiger partial charge in [-0.1, -0.05) is 6.42 Å². The van der Waals surface area contributed by atoms with Gasteiger partial charge in [-0.3, -0.25) is 4.79 Å². The zero-order chi connectivity index (χ0) is 17.2. The number of hydrogen-bond donors (Lipinski definition) is 2. The number of fused-ring (bicyclic) bond motifs is 1. The molecule has 5 heteroatoms. The van der Waals surface area contributed by atoms with E-state index in [0.717, 1.165) is 49.8 Å². The Labute approximate surface area is 148 Å². The maximum Gasteiger partial charge on any atom is 0.249 e. The Kier molecular flexibility index (Phi) is 4.66. The molecule has 4 rings (SSSR count). The number of H-pyrrole nitrogens is 1. The number of benzene rings is 1. The largest absolute Gasteiger partial charge is 0.497 e. The minimum absolute atomic E-state index is 0.0729. The van der Waals surface area contributed by atoms with Crippen molar-refractivity contribution in [2.45, 2.75) is 56.6 Å². The molecule has 2 N–H and O–H groups in total. The van der Waals surface area contributed by atoms with Crippen molar-refractivity contribution in [2.75, 3.05) is 13.7 Å². The molecule has 0 bridgehead atoms. The van der Waals surface area contributed by atoms with Crippen LogP contribution in [-0.2, 0) is 9.53 Å². The van der Waals surface area contributed by atoms with Crippen LogP contribution in [0.25, 0.3) is 10.9 Å². The van der Waals surface area contributed by atoms with Crippen molar-refractivity contribution in [3.8, 4) is 5.75 Å². The highest BCUT2D eigenvalue weighted by molar-refractivity contribution is 5.85. The lowest BCUT2D eigenvalue weighted by Gasteiger charge is -2.30. The number of hydrogen-bond acceptors (Lipinski definition) is 3. The van der Waals surface area contributed by atoms with Crippen LogP contribution in [0.15, 0.2) is 24.4 Å². The molecule has 0 unspecified atom stereocenters. The van der Waals surface area contributed by atoms with Crippen LogP contribution in [0.5, 0.6) is 5.75 Å². The summed E-state index contributed by atoms with van der Waals surface area (Å²) < 4.78 is 10.9. The molecule has 1 amide bonds. The minimum atomic E-state index is -0.238. The molecule has 0 radical (unpaired) electrons. The lowest BCUT2D eigenvalue weighted by atomic mass is 9.81. The van der Waals surface area contributed by atoms with Gasteiger partial charge < -0.3 is 19.8 Å². The van der Waals surface area contributed by atoms with Crippen molar-refractivity contribution >= 4 is 16.8 Å². The number of rotatable bonds is 4. The molecule has 2 fully saturated rings. The third kappa shape index (κ3) is 3.38. The Morgan fingerprint density at radius 1 is 1.28 bits per heavy atom. The molecular formula is C20H26N2O3. The molecule has 134 valence electrons. The minimum Gasteiger partial charge on any atom is -0.497 e. The first-order chi connectivity index (χ1) is 12.2. The Morgan fingerprint density at radius 3 is 3.00 bits per heavy atom. The van der Waals surface area contributed by atoms with Gasteiger partial charge in [0.2, 0.25) is 5.91 Å². The van der Waals surface area contributed by atoms with Gasteiger partial charge in [0.15, 0.2) is 0 Å². The monoisotopic (exact) mass is 342 g/mol. The molecule has 0 spiro atoms. The molecule has 2 heterocycles. The summed E-state index contributed by atoms with van der Waals surface area (Å²) in [5.41, 5.74) is 2.48. The van der Waals surface area contributed by atoms with Gasteiger partial charge in [0.1, 0.15) is 11.9 Å². The van der Waals surface area contributed by atoms with E-state index in [1.54, 1.807) is 7.11 Å². The summed E-state index contributed by atoms with van der Waals surface area (Å²) in [4.78, 5) is 15.7. The zero-order valence-electron chi connectivity index (χ0n) is 14.7. The fraction of sp³-hybridized carbons (Fsp3) is 0.550. The van der Waals surface area contributed by atoms with Crippen LogP contribution in [0.1, 0.15) is 50.0 Å². The van der Waals surface area contributed by atoms with Gasteiger partial charge in [0.05, 0.1) is 7.11 Å². The first-order valence-electron chi connectivity index (χ1n) is 9.31. The van der Waals surface area contributed by atoms with E-state index >= 15 is 0 Å². The lowest BCUT2D eigenvalue weighted by molar-refractivity contribution is -0.131. The van der Waals surface area contributed by atoms with Gasteiger partial charge >= 0.3 is 0 Å². The first kappa shape index (κ1) is 16.5. The van der Waals surface area contributed by atoms with Gasteiger partial charge in [0.25, 0.3) is 0 Å². The highest BCUT2D eigenvalue weighted by atomic mass is 16.5. The van der Waals surface area contributed by atoms with Crippen LogP contribution >= 0.6 is 0 Å². The van der Waals surface area contributed by atoms with Crippen molar-refractivity contribution in [3.63, 3.8) is 0 Å². The zero-order valence-corrected chi connectivity index (χ0v) is 14.7. The Bertz CT molecular complexity index is 748. The number of methoxy groups -OCH3 is 1.